The highest BCUT2D eigenvalue weighted by atomic mass is 16.6. The molecule has 7 unspecified atom stereocenters. The molecular formula is C30H24O9. The molecule has 0 radical (unpaired) electrons. The number of phenols is 1. The first-order chi connectivity index (χ1) is 18.5. The Morgan fingerprint density at radius 1 is 0.795 bits per heavy atom. The van der Waals surface area contributed by atoms with Crippen molar-refractivity contribution in [2.45, 2.75) is 76.5 Å². The average Bonchev–Trinajstić information content (AvgIpc) is 2.85. The van der Waals surface area contributed by atoms with Crippen LogP contribution >= 0.6 is 0 Å². The molecule has 0 fully saturated rings. The van der Waals surface area contributed by atoms with Crippen LogP contribution in [0.25, 0.3) is 38.1 Å². The van der Waals surface area contributed by atoms with Crippen LogP contribution in [0.4, 0.5) is 0 Å². The Balaban J connectivity index is 1.71. The number of aliphatic hydroxyl groups excluding tert-OH is 1. The molecule has 0 bridgehead atoms. The second-order valence-electron chi connectivity index (χ2n) is 11.7. The van der Waals surface area contributed by atoms with Gasteiger partial charge in [-0.2, -0.15) is 0 Å². The predicted octanol–water partition coefficient (Wildman–Crippen LogP) is 3.41. The monoisotopic (exact) mass is 528 g/mol. The lowest BCUT2D eigenvalue weighted by molar-refractivity contribution is -0.270. The van der Waals surface area contributed by atoms with Crippen molar-refractivity contribution in [3.8, 4) is 11.5 Å². The molecule has 5 aliphatic rings. The third kappa shape index (κ3) is 2.21. The molecule has 4 heterocycles. The second-order valence-corrected chi connectivity index (χ2v) is 11.7. The summed E-state index contributed by atoms with van der Waals surface area (Å²) in [4.78, 5) is 27.8. The third-order valence-corrected chi connectivity index (χ3v) is 9.57. The zero-order chi connectivity index (χ0) is 27.0. The molecule has 0 aromatic heterocycles. The number of hydrogen-bond acceptors (Lipinski definition) is 9. The minimum Gasteiger partial charge on any atom is -0.511 e. The molecule has 39 heavy (non-hydrogen) atoms. The zero-order valence-corrected chi connectivity index (χ0v) is 21.5. The Morgan fingerprint density at radius 2 is 1.46 bits per heavy atom. The maximum atomic E-state index is 14.1. The van der Waals surface area contributed by atoms with Gasteiger partial charge >= 0.3 is 0 Å². The summed E-state index contributed by atoms with van der Waals surface area (Å²) in [5, 5.41) is 38.0. The van der Waals surface area contributed by atoms with E-state index in [1.807, 2.05) is 13.8 Å². The fraction of sp³-hybridized carbons (Fsp3) is 0.400. The smallest absolute Gasteiger partial charge is 0.201 e. The second kappa shape index (κ2) is 6.45. The van der Waals surface area contributed by atoms with E-state index in [0.29, 0.717) is 60.5 Å². The van der Waals surface area contributed by atoms with Gasteiger partial charge in [0.2, 0.25) is 5.79 Å². The van der Waals surface area contributed by atoms with Crippen LogP contribution in [0.1, 0.15) is 86.3 Å². The van der Waals surface area contributed by atoms with Crippen LogP contribution in [0.15, 0.2) is 15.7 Å². The molecule has 3 N–H and O–H groups in total. The number of aromatic hydroxyl groups is 1. The highest BCUT2D eigenvalue weighted by Crippen LogP contribution is 2.61. The van der Waals surface area contributed by atoms with Crippen molar-refractivity contribution >= 4 is 38.1 Å². The fourth-order valence-corrected chi connectivity index (χ4v) is 8.28. The van der Waals surface area contributed by atoms with Crippen LogP contribution < -0.4 is 20.8 Å². The van der Waals surface area contributed by atoms with Crippen LogP contribution in [0.3, 0.4) is 0 Å². The quantitative estimate of drug-likeness (QED) is 0.232. The fourth-order valence-electron chi connectivity index (χ4n) is 8.28. The minimum absolute atomic E-state index is 0.113. The first-order valence-corrected chi connectivity index (χ1v) is 13.3. The van der Waals surface area contributed by atoms with Crippen molar-refractivity contribution < 1.29 is 34.3 Å². The van der Waals surface area contributed by atoms with Gasteiger partial charge in [-0.3, -0.25) is 9.59 Å². The largest absolute Gasteiger partial charge is 0.511 e. The Kier molecular flexibility index (Phi) is 3.69. The molecule has 0 saturated carbocycles. The summed E-state index contributed by atoms with van der Waals surface area (Å²) < 4.78 is 25.0. The summed E-state index contributed by atoms with van der Waals surface area (Å²) in [6, 6.07) is 1.37. The maximum Gasteiger partial charge on any atom is 0.201 e. The van der Waals surface area contributed by atoms with Gasteiger partial charge in [0.1, 0.15) is 23.4 Å². The van der Waals surface area contributed by atoms with Crippen molar-refractivity contribution in [1.29, 1.82) is 0 Å². The van der Waals surface area contributed by atoms with Gasteiger partial charge < -0.3 is 34.3 Å². The van der Waals surface area contributed by atoms with E-state index < -0.39 is 47.8 Å². The van der Waals surface area contributed by atoms with E-state index in [1.54, 1.807) is 13.8 Å². The molecular weight excluding hydrogens is 504 g/mol. The predicted molar refractivity (Wildman–Crippen MR) is 139 cm³/mol. The van der Waals surface area contributed by atoms with Gasteiger partial charge in [-0.25, -0.2) is 0 Å². The van der Waals surface area contributed by atoms with Crippen LogP contribution in [0.5, 0.6) is 11.5 Å². The van der Waals surface area contributed by atoms with E-state index in [2.05, 4.69) is 0 Å². The van der Waals surface area contributed by atoms with Crippen LogP contribution in [0.2, 0.25) is 0 Å². The molecule has 9 rings (SSSR count). The standard InChI is InChI=1S/C30H24O9/c1-7-14-23-20-18-13(38-28(23)9(3)36-7)5-11(31)16-19(18)22-24-15(26(16)33)8(2)37-10(4)29(24)39-30(35)6-12(32)17(27(14)34)21(20)25(22)30/h5,7-10,28-29,32-33,35H,6H2,1-4H3. The van der Waals surface area contributed by atoms with E-state index in [4.69, 9.17) is 18.9 Å². The summed E-state index contributed by atoms with van der Waals surface area (Å²) in [5.41, 5.74) is 1.65. The number of phenolic OH excluding ortho intramolecular Hbond substituents is 1. The Bertz CT molecular complexity index is 2070. The third-order valence-electron chi connectivity index (χ3n) is 9.57. The molecule has 9 heteroatoms. The average molecular weight is 529 g/mol. The molecule has 0 spiro atoms. The zero-order valence-electron chi connectivity index (χ0n) is 21.5. The summed E-state index contributed by atoms with van der Waals surface area (Å²) in [5.74, 6) is -2.11. The van der Waals surface area contributed by atoms with Gasteiger partial charge in [0.05, 0.1) is 41.4 Å². The Labute approximate surface area is 220 Å². The van der Waals surface area contributed by atoms with Crippen molar-refractivity contribution in [3.63, 3.8) is 0 Å². The molecule has 1 aliphatic carbocycles. The first-order valence-electron chi connectivity index (χ1n) is 13.3. The molecule has 7 atom stereocenters. The molecule has 0 saturated heterocycles. The van der Waals surface area contributed by atoms with E-state index in [1.165, 1.54) is 6.07 Å². The van der Waals surface area contributed by atoms with Crippen LogP contribution in [0, 0.1) is 0 Å². The molecule has 0 amide bonds. The molecule has 4 aromatic rings. The lowest BCUT2D eigenvalue weighted by Crippen LogP contribution is -2.48. The number of hydrogen-bond donors (Lipinski definition) is 3. The summed E-state index contributed by atoms with van der Waals surface area (Å²) in [6.07, 6.45) is -3.86. The molecule has 4 aliphatic heterocycles. The maximum absolute atomic E-state index is 14.1. The Hall–Kier alpha value is -3.50. The topological polar surface area (TPSA) is 132 Å². The normalized spacial score (nSPS) is 33.5. The summed E-state index contributed by atoms with van der Waals surface area (Å²) in [6.45, 7) is 7.27. The van der Waals surface area contributed by atoms with Crippen LogP contribution in [-0.2, 0) is 20.0 Å². The summed E-state index contributed by atoms with van der Waals surface area (Å²) >= 11 is 0. The molecule has 9 nitrogen and oxygen atoms in total. The SMILES string of the molecule is CC1OC(C)C2OC3(O)CC(O)=c4c(=O)c5c6c7c4c3c3c2c1c(O)c1c(=O)cc(c7c31)OC6C(C)OC5C. The van der Waals surface area contributed by atoms with Crippen molar-refractivity contribution in [2.75, 3.05) is 0 Å². The number of aliphatic hydroxyl groups is 2. The lowest BCUT2D eigenvalue weighted by atomic mass is 9.71. The first kappa shape index (κ1) is 22.3. The van der Waals surface area contributed by atoms with E-state index in [0.717, 1.165) is 0 Å². The highest BCUT2D eigenvalue weighted by molar-refractivity contribution is 6.29. The Morgan fingerprint density at radius 3 is 2.21 bits per heavy atom. The van der Waals surface area contributed by atoms with Gasteiger partial charge in [0, 0.05) is 55.4 Å². The van der Waals surface area contributed by atoms with Crippen molar-refractivity contribution in [3.05, 3.63) is 59.5 Å². The van der Waals surface area contributed by atoms with E-state index in [9.17, 15) is 24.9 Å². The van der Waals surface area contributed by atoms with Gasteiger partial charge in [0.25, 0.3) is 0 Å². The minimum atomic E-state index is -1.99. The molecule has 198 valence electrons. The van der Waals surface area contributed by atoms with Gasteiger partial charge in [-0.15, -0.1) is 0 Å². The summed E-state index contributed by atoms with van der Waals surface area (Å²) in [7, 11) is 0. The van der Waals surface area contributed by atoms with E-state index in [-0.39, 0.29) is 34.0 Å². The number of ether oxygens (including phenoxy) is 4. The lowest BCUT2D eigenvalue weighted by Gasteiger charge is -2.48. The van der Waals surface area contributed by atoms with Crippen molar-refractivity contribution in [1.82, 2.24) is 0 Å². The van der Waals surface area contributed by atoms with Crippen LogP contribution in [-0.4, -0.2) is 27.5 Å². The van der Waals surface area contributed by atoms with Gasteiger partial charge in [-0.1, -0.05) is 0 Å². The number of benzene rings is 4. The van der Waals surface area contributed by atoms with Gasteiger partial charge in [0.15, 0.2) is 17.0 Å². The van der Waals surface area contributed by atoms with E-state index >= 15 is 0 Å². The van der Waals surface area contributed by atoms with Crippen molar-refractivity contribution in [2.24, 2.45) is 0 Å². The highest BCUT2D eigenvalue weighted by Gasteiger charge is 2.53. The van der Waals surface area contributed by atoms with Gasteiger partial charge in [-0.05, 0) is 33.1 Å². The number of rotatable bonds is 0. The molecule has 4 aromatic carbocycles.